The van der Waals surface area contributed by atoms with Gasteiger partial charge in [0.05, 0.1) is 6.54 Å². The van der Waals surface area contributed by atoms with E-state index in [-0.39, 0.29) is 24.0 Å². The number of imidazole rings is 1. The minimum Gasteiger partial charge on any atom is -0.356 e. The summed E-state index contributed by atoms with van der Waals surface area (Å²) < 4.78 is 2.21. The lowest BCUT2D eigenvalue weighted by Gasteiger charge is -2.14. The Hall–Kier alpha value is -0.790. The Balaban J connectivity index is 0.00000288. The molecule has 138 valence electrons. The fourth-order valence-corrected chi connectivity index (χ4v) is 3.35. The highest BCUT2D eigenvalue weighted by atomic mass is 127. The summed E-state index contributed by atoms with van der Waals surface area (Å²) in [5.74, 6) is 3.52. The van der Waals surface area contributed by atoms with Gasteiger partial charge in [0.25, 0.3) is 0 Å². The van der Waals surface area contributed by atoms with Crippen LogP contribution in [-0.4, -0.2) is 29.1 Å². The van der Waals surface area contributed by atoms with E-state index in [1.807, 2.05) is 13.2 Å². The second-order valence-corrected chi connectivity index (χ2v) is 7.03. The first-order valence-corrected chi connectivity index (χ1v) is 9.13. The molecule has 5 nitrogen and oxygen atoms in total. The minimum absolute atomic E-state index is 0. The number of nitrogens with zero attached hydrogens (tertiary/aromatic N) is 3. The fraction of sp³-hybridized carbons (Fsp3) is 0.778. The third-order valence-corrected chi connectivity index (χ3v) is 4.56. The van der Waals surface area contributed by atoms with Crippen molar-refractivity contribution in [2.45, 2.75) is 65.5 Å². The molecule has 1 fully saturated rings. The van der Waals surface area contributed by atoms with E-state index < -0.39 is 0 Å². The van der Waals surface area contributed by atoms with Crippen LogP contribution in [0, 0.1) is 11.8 Å². The molecule has 0 saturated heterocycles. The van der Waals surface area contributed by atoms with Gasteiger partial charge in [0, 0.05) is 32.5 Å². The average molecular weight is 447 g/mol. The van der Waals surface area contributed by atoms with Crippen molar-refractivity contribution in [3.8, 4) is 0 Å². The van der Waals surface area contributed by atoms with Crippen LogP contribution in [0.25, 0.3) is 0 Å². The van der Waals surface area contributed by atoms with Crippen LogP contribution in [0.3, 0.4) is 0 Å². The molecule has 0 spiro atoms. The third kappa shape index (κ3) is 7.40. The van der Waals surface area contributed by atoms with E-state index in [1.54, 1.807) is 0 Å². The molecular formula is C18H34IN5. The summed E-state index contributed by atoms with van der Waals surface area (Å²) in [5.41, 5.74) is 0. The zero-order valence-corrected chi connectivity index (χ0v) is 17.8. The van der Waals surface area contributed by atoms with Crippen molar-refractivity contribution in [2.24, 2.45) is 16.8 Å². The first kappa shape index (κ1) is 21.3. The van der Waals surface area contributed by atoms with Gasteiger partial charge >= 0.3 is 0 Å². The SMILES string of the molecule is CN=C(NCCCC1CCCC1)NCc1nccn1CC(C)C.I. The average Bonchev–Trinajstić information content (AvgIpc) is 3.18. The Morgan fingerprint density at radius 2 is 2.08 bits per heavy atom. The summed E-state index contributed by atoms with van der Waals surface area (Å²) >= 11 is 0. The monoisotopic (exact) mass is 447 g/mol. The van der Waals surface area contributed by atoms with Crippen LogP contribution in [0.5, 0.6) is 0 Å². The van der Waals surface area contributed by atoms with E-state index >= 15 is 0 Å². The summed E-state index contributed by atoms with van der Waals surface area (Å²) in [6.07, 6.45) is 12.2. The molecule has 1 aliphatic rings. The van der Waals surface area contributed by atoms with Gasteiger partial charge in [0.2, 0.25) is 0 Å². The molecule has 1 heterocycles. The van der Waals surface area contributed by atoms with E-state index in [2.05, 4.69) is 45.2 Å². The Kier molecular flexibility index (Phi) is 10.4. The zero-order valence-electron chi connectivity index (χ0n) is 15.4. The summed E-state index contributed by atoms with van der Waals surface area (Å²) in [6, 6.07) is 0. The first-order chi connectivity index (χ1) is 11.2. The highest BCUT2D eigenvalue weighted by Gasteiger charge is 2.14. The van der Waals surface area contributed by atoms with Gasteiger partial charge in [-0.1, -0.05) is 39.5 Å². The van der Waals surface area contributed by atoms with E-state index in [0.29, 0.717) is 12.5 Å². The molecule has 1 aliphatic carbocycles. The Morgan fingerprint density at radius 3 is 2.75 bits per heavy atom. The van der Waals surface area contributed by atoms with Crippen LogP contribution in [0.4, 0.5) is 0 Å². The quantitative estimate of drug-likeness (QED) is 0.276. The predicted octanol–water partition coefficient (Wildman–Crippen LogP) is 3.79. The van der Waals surface area contributed by atoms with Crippen LogP contribution in [0.15, 0.2) is 17.4 Å². The zero-order chi connectivity index (χ0) is 16.5. The fourth-order valence-electron chi connectivity index (χ4n) is 3.35. The molecule has 0 aliphatic heterocycles. The molecule has 0 radical (unpaired) electrons. The lowest BCUT2D eigenvalue weighted by molar-refractivity contribution is 0.481. The second-order valence-electron chi connectivity index (χ2n) is 7.03. The molecule has 0 amide bonds. The third-order valence-electron chi connectivity index (χ3n) is 4.56. The topological polar surface area (TPSA) is 54.2 Å². The van der Waals surface area contributed by atoms with E-state index in [0.717, 1.165) is 30.8 Å². The van der Waals surface area contributed by atoms with Crippen LogP contribution in [0.1, 0.15) is 58.2 Å². The second kappa shape index (κ2) is 11.7. The van der Waals surface area contributed by atoms with Crippen molar-refractivity contribution >= 4 is 29.9 Å². The normalized spacial score (nSPS) is 15.6. The van der Waals surface area contributed by atoms with E-state index in [1.165, 1.54) is 38.5 Å². The first-order valence-electron chi connectivity index (χ1n) is 9.13. The molecule has 0 unspecified atom stereocenters. The maximum Gasteiger partial charge on any atom is 0.191 e. The van der Waals surface area contributed by atoms with Crippen molar-refractivity contribution in [1.82, 2.24) is 20.2 Å². The summed E-state index contributed by atoms with van der Waals surface area (Å²) in [7, 11) is 1.83. The molecular weight excluding hydrogens is 413 g/mol. The van der Waals surface area contributed by atoms with Gasteiger partial charge in [-0.05, 0) is 24.7 Å². The number of hydrogen-bond acceptors (Lipinski definition) is 2. The maximum absolute atomic E-state index is 4.44. The van der Waals surface area contributed by atoms with Crippen LogP contribution in [-0.2, 0) is 13.1 Å². The van der Waals surface area contributed by atoms with Gasteiger partial charge in [-0.15, -0.1) is 24.0 Å². The molecule has 6 heteroatoms. The van der Waals surface area contributed by atoms with Crippen molar-refractivity contribution in [1.29, 1.82) is 0 Å². The van der Waals surface area contributed by atoms with E-state index in [9.17, 15) is 0 Å². The molecule has 0 aromatic carbocycles. The molecule has 0 bridgehead atoms. The van der Waals surface area contributed by atoms with Crippen molar-refractivity contribution in [3.05, 3.63) is 18.2 Å². The number of halogens is 1. The van der Waals surface area contributed by atoms with E-state index in [4.69, 9.17) is 0 Å². The standard InChI is InChI=1S/C18H33N5.HI/c1-15(2)14-23-12-11-20-17(23)13-22-18(19-3)21-10-6-9-16-7-4-5-8-16;/h11-12,15-16H,4-10,13-14H2,1-3H3,(H2,19,21,22);1H. The smallest absolute Gasteiger partial charge is 0.191 e. The Bertz CT molecular complexity index is 478. The molecule has 1 aromatic heterocycles. The molecule has 2 rings (SSSR count). The van der Waals surface area contributed by atoms with Gasteiger partial charge in [0.1, 0.15) is 5.82 Å². The van der Waals surface area contributed by atoms with Gasteiger partial charge in [-0.2, -0.15) is 0 Å². The van der Waals surface area contributed by atoms with Crippen molar-refractivity contribution in [3.63, 3.8) is 0 Å². The summed E-state index contributed by atoms with van der Waals surface area (Å²) in [5, 5.41) is 6.79. The Morgan fingerprint density at radius 1 is 1.33 bits per heavy atom. The largest absolute Gasteiger partial charge is 0.356 e. The van der Waals surface area contributed by atoms with Gasteiger partial charge < -0.3 is 15.2 Å². The van der Waals surface area contributed by atoms with Crippen molar-refractivity contribution in [2.75, 3.05) is 13.6 Å². The van der Waals surface area contributed by atoms with Crippen LogP contribution < -0.4 is 10.6 Å². The molecule has 0 atom stereocenters. The van der Waals surface area contributed by atoms with Gasteiger partial charge in [0.15, 0.2) is 5.96 Å². The summed E-state index contributed by atoms with van der Waals surface area (Å²) in [4.78, 5) is 8.75. The lowest BCUT2D eigenvalue weighted by atomic mass is 10.0. The lowest BCUT2D eigenvalue weighted by Crippen LogP contribution is -2.38. The number of guanidine groups is 1. The predicted molar refractivity (Wildman–Crippen MR) is 112 cm³/mol. The highest BCUT2D eigenvalue weighted by Crippen LogP contribution is 2.28. The Labute approximate surface area is 164 Å². The van der Waals surface area contributed by atoms with Crippen LogP contribution >= 0.6 is 24.0 Å². The number of aliphatic imine (C=N–C) groups is 1. The number of aromatic nitrogens is 2. The molecule has 2 N–H and O–H groups in total. The highest BCUT2D eigenvalue weighted by molar-refractivity contribution is 14.0. The number of rotatable bonds is 8. The number of nitrogens with one attached hydrogen (secondary N) is 2. The van der Waals surface area contributed by atoms with Gasteiger partial charge in [-0.3, -0.25) is 4.99 Å². The maximum atomic E-state index is 4.44. The molecule has 1 aromatic rings. The number of hydrogen-bond donors (Lipinski definition) is 2. The van der Waals surface area contributed by atoms with Crippen molar-refractivity contribution < 1.29 is 0 Å². The summed E-state index contributed by atoms with van der Waals surface area (Å²) in [6.45, 7) is 7.16. The van der Waals surface area contributed by atoms with Gasteiger partial charge in [-0.25, -0.2) is 4.98 Å². The molecule has 1 saturated carbocycles. The molecule has 24 heavy (non-hydrogen) atoms. The van der Waals surface area contributed by atoms with Crippen LogP contribution in [0.2, 0.25) is 0 Å². The minimum atomic E-state index is 0.